The zero-order chi connectivity index (χ0) is 22.7. The van der Waals surface area contributed by atoms with Crippen LogP contribution < -0.4 is 5.32 Å². The molecule has 2 heterocycles. The second-order valence-corrected chi connectivity index (χ2v) is 10.7. The molecule has 174 valence electrons. The quantitative estimate of drug-likeness (QED) is 0.608. The average Bonchev–Trinajstić information content (AvgIpc) is 3.54. The maximum Gasteiger partial charge on any atom is 0.249 e. The largest absolute Gasteiger partial charge is 0.379 e. The van der Waals surface area contributed by atoms with Crippen LogP contribution in [0.2, 0.25) is 0 Å². The van der Waals surface area contributed by atoms with Crippen LogP contribution >= 0.6 is 0 Å². The van der Waals surface area contributed by atoms with E-state index in [4.69, 9.17) is 9.26 Å². The Hall–Kier alpha value is -2.30. The molecule has 1 saturated carbocycles. The Morgan fingerprint density at radius 1 is 1.19 bits per heavy atom. The summed E-state index contributed by atoms with van der Waals surface area (Å²) in [5.41, 5.74) is 0.899. The Morgan fingerprint density at radius 2 is 1.88 bits per heavy atom. The number of rotatable bonds is 9. The monoisotopic (exact) mass is 462 g/mol. The zero-order valence-corrected chi connectivity index (χ0v) is 19.3. The van der Waals surface area contributed by atoms with Crippen molar-refractivity contribution < 1.29 is 22.5 Å². The first-order valence-electron chi connectivity index (χ1n) is 11.1. The molecule has 0 radical (unpaired) electrons. The van der Waals surface area contributed by atoms with Gasteiger partial charge in [-0.2, -0.15) is 9.29 Å². The number of morpholine rings is 1. The van der Waals surface area contributed by atoms with Crippen LogP contribution in [0.5, 0.6) is 0 Å². The van der Waals surface area contributed by atoms with Gasteiger partial charge < -0.3 is 14.6 Å². The van der Waals surface area contributed by atoms with Gasteiger partial charge in [-0.1, -0.05) is 31.1 Å². The second-order valence-electron chi connectivity index (χ2n) is 8.71. The number of aryl methyl sites for hydroxylation is 1. The van der Waals surface area contributed by atoms with Crippen molar-refractivity contribution in [2.45, 2.75) is 56.4 Å². The maximum absolute atomic E-state index is 12.7. The fourth-order valence-corrected chi connectivity index (χ4v) is 5.07. The predicted molar refractivity (Wildman–Crippen MR) is 116 cm³/mol. The van der Waals surface area contributed by atoms with Crippen LogP contribution in [0.25, 0.3) is 0 Å². The highest BCUT2D eigenvalue weighted by Crippen LogP contribution is 2.38. The van der Waals surface area contributed by atoms with Crippen molar-refractivity contribution in [3.05, 3.63) is 41.5 Å². The van der Waals surface area contributed by atoms with E-state index in [2.05, 4.69) is 15.5 Å². The van der Waals surface area contributed by atoms with Gasteiger partial charge in [0, 0.05) is 25.4 Å². The molecule has 1 aromatic heterocycles. The Labute approximate surface area is 188 Å². The first-order valence-corrected chi connectivity index (χ1v) is 12.6. The first kappa shape index (κ1) is 22.9. The number of amides is 1. The number of hydrogen-bond acceptors (Lipinski definition) is 7. The van der Waals surface area contributed by atoms with E-state index in [-0.39, 0.29) is 29.2 Å². The van der Waals surface area contributed by atoms with Gasteiger partial charge in [-0.3, -0.25) is 4.79 Å². The van der Waals surface area contributed by atoms with Crippen LogP contribution in [-0.4, -0.2) is 55.1 Å². The highest BCUT2D eigenvalue weighted by Gasteiger charge is 2.31. The maximum atomic E-state index is 12.7. The first-order chi connectivity index (χ1) is 15.3. The van der Waals surface area contributed by atoms with Crippen LogP contribution in [0.4, 0.5) is 0 Å². The number of sulfonamides is 1. The summed E-state index contributed by atoms with van der Waals surface area (Å²) in [6.45, 7) is 5.55. The van der Waals surface area contributed by atoms with Gasteiger partial charge >= 0.3 is 0 Å². The predicted octanol–water partition coefficient (Wildman–Crippen LogP) is 2.41. The van der Waals surface area contributed by atoms with Crippen molar-refractivity contribution >= 4 is 15.9 Å². The molecule has 9 nitrogen and oxygen atoms in total. The minimum atomic E-state index is -3.52. The number of nitrogens with zero attached hydrogens (tertiary/aromatic N) is 3. The lowest BCUT2D eigenvalue weighted by Gasteiger charge is -2.26. The number of ether oxygens (including phenoxy) is 1. The molecule has 1 aliphatic carbocycles. The third-order valence-corrected chi connectivity index (χ3v) is 7.73. The summed E-state index contributed by atoms with van der Waals surface area (Å²) >= 11 is 0. The molecule has 32 heavy (non-hydrogen) atoms. The molecular formula is C22H30N4O5S. The molecule has 1 saturated heterocycles. The van der Waals surface area contributed by atoms with E-state index in [1.165, 1.54) is 4.31 Å². The molecule has 1 aliphatic heterocycles. The van der Waals surface area contributed by atoms with Gasteiger partial charge in [-0.25, -0.2) is 8.42 Å². The lowest BCUT2D eigenvalue weighted by Crippen LogP contribution is -2.40. The average molecular weight is 463 g/mol. The SMILES string of the molecule is CC(C)C(NC(=O)CCc1ccc(S(=O)(=O)N2CCOCC2)cc1)c1nc(C2CC2)no1. The van der Waals surface area contributed by atoms with E-state index in [9.17, 15) is 13.2 Å². The molecule has 0 spiro atoms. The van der Waals surface area contributed by atoms with Gasteiger partial charge in [-0.05, 0) is 42.9 Å². The lowest BCUT2D eigenvalue weighted by molar-refractivity contribution is -0.122. The second kappa shape index (κ2) is 9.68. The van der Waals surface area contributed by atoms with Gasteiger partial charge in [0.15, 0.2) is 5.82 Å². The van der Waals surface area contributed by atoms with Crippen molar-refractivity contribution in [2.24, 2.45) is 5.92 Å². The third kappa shape index (κ3) is 5.36. The highest BCUT2D eigenvalue weighted by atomic mass is 32.2. The Balaban J connectivity index is 1.32. The summed E-state index contributed by atoms with van der Waals surface area (Å²) in [5.74, 6) is 1.57. The van der Waals surface area contributed by atoms with Crippen molar-refractivity contribution in [3.63, 3.8) is 0 Å². The summed E-state index contributed by atoms with van der Waals surface area (Å²) in [5, 5.41) is 7.05. The van der Waals surface area contributed by atoms with Crippen molar-refractivity contribution in [2.75, 3.05) is 26.3 Å². The molecule has 0 bridgehead atoms. The molecule has 4 rings (SSSR count). The van der Waals surface area contributed by atoms with E-state index in [1.807, 2.05) is 13.8 Å². The Kier molecular flexibility index (Phi) is 6.92. The van der Waals surface area contributed by atoms with Crippen molar-refractivity contribution in [3.8, 4) is 0 Å². The molecular weight excluding hydrogens is 432 g/mol. The summed E-state index contributed by atoms with van der Waals surface area (Å²) in [6.07, 6.45) is 2.96. The Morgan fingerprint density at radius 3 is 2.50 bits per heavy atom. The van der Waals surface area contributed by atoms with E-state index >= 15 is 0 Å². The number of hydrogen-bond donors (Lipinski definition) is 1. The van der Waals surface area contributed by atoms with Gasteiger partial charge in [0.05, 0.1) is 18.1 Å². The molecule has 1 unspecified atom stereocenters. The van der Waals surface area contributed by atoms with Gasteiger partial charge in [0.2, 0.25) is 21.8 Å². The number of benzene rings is 1. The van der Waals surface area contributed by atoms with Crippen molar-refractivity contribution in [1.29, 1.82) is 0 Å². The van der Waals surface area contributed by atoms with Crippen LogP contribution in [-0.2, 0) is 26.0 Å². The summed E-state index contributed by atoms with van der Waals surface area (Å²) in [7, 11) is -3.52. The standard InChI is InChI=1S/C22H30N4O5S/c1-15(2)20(22-24-21(25-31-22)17-6-7-17)23-19(27)10-5-16-3-8-18(9-4-16)32(28,29)26-11-13-30-14-12-26/h3-4,8-9,15,17,20H,5-7,10-14H2,1-2H3,(H,23,27). The van der Waals surface area contributed by atoms with E-state index in [0.717, 1.165) is 24.2 Å². The molecule has 2 fully saturated rings. The minimum Gasteiger partial charge on any atom is -0.379 e. The van der Waals surface area contributed by atoms with Crippen LogP contribution in [0.15, 0.2) is 33.7 Å². The zero-order valence-electron chi connectivity index (χ0n) is 18.5. The van der Waals surface area contributed by atoms with Crippen molar-refractivity contribution in [1.82, 2.24) is 19.8 Å². The van der Waals surface area contributed by atoms with Crippen LogP contribution in [0.1, 0.15) is 62.3 Å². The normalized spacial score (nSPS) is 18.6. The third-order valence-electron chi connectivity index (χ3n) is 5.82. The summed E-state index contributed by atoms with van der Waals surface area (Å²) in [6, 6.07) is 6.41. The van der Waals surface area contributed by atoms with Gasteiger partial charge in [-0.15, -0.1) is 0 Å². The smallest absolute Gasteiger partial charge is 0.249 e. The fourth-order valence-electron chi connectivity index (χ4n) is 3.66. The number of carbonyl (C=O) groups excluding carboxylic acids is 1. The molecule has 2 aromatic rings. The molecule has 1 atom stereocenters. The topological polar surface area (TPSA) is 115 Å². The summed E-state index contributed by atoms with van der Waals surface area (Å²) in [4.78, 5) is 17.3. The molecule has 1 amide bonds. The van der Waals surface area contributed by atoms with Gasteiger partial charge in [0.25, 0.3) is 0 Å². The fraction of sp³-hybridized carbons (Fsp3) is 0.591. The van der Waals surface area contributed by atoms with E-state index < -0.39 is 10.0 Å². The summed E-state index contributed by atoms with van der Waals surface area (Å²) < 4.78 is 37.5. The van der Waals surface area contributed by atoms with Crippen LogP contribution in [0, 0.1) is 5.92 Å². The number of nitrogens with one attached hydrogen (secondary N) is 1. The van der Waals surface area contributed by atoms with Gasteiger partial charge in [0.1, 0.15) is 6.04 Å². The molecule has 1 aromatic carbocycles. The minimum absolute atomic E-state index is 0.108. The number of aromatic nitrogens is 2. The van der Waals surface area contributed by atoms with Crippen LogP contribution in [0.3, 0.4) is 0 Å². The van der Waals surface area contributed by atoms with E-state index in [1.54, 1.807) is 24.3 Å². The molecule has 1 N–H and O–H groups in total. The molecule has 2 aliphatic rings. The van der Waals surface area contributed by atoms with E-state index in [0.29, 0.717) is 44.5 Å². The highest BCUT2D eigenvalue weighted by molar-refractivity contribution is 7.89. The molecule has 10 heteroatoms. The number of carbonyl (C=O) groups is 1. The lowest BCUT2D eigenvalue weighted by atomic mass is 10.0. The Bertz CT molecular complexity index is 1020.